The van der Waals surface area contributed by atoms with Crippen LogP contribution in [0.2, 0.25) is 0 Å². The van der Waals surface area contributed by atoms with Crippen LogP contribution >= 0.6 is 0 Å². The monoisotopic (exact) mass is 391 g/mol. The predicted octanol–water partition coefficient (Wildman–Crippen LogP) is 2.87. The number of carbonyl (C=O) groups is 3. The van der Waals surface area contributed by atoms with Gasteiger partial charge in [0.2, 0.25) is 5.91 Å². The minimum absolute atomic E-state index is 0.0220. The van der Waals surface area contributed by atoms with E-state index in [2.05, 4.69) is 19.2 Å². The maximum absolute atomic E-state index is 13.7. The summed E-state index contributed by atoms with van der Waals surface area (Å²) >= 11 is 0. The van der Waals surface area contributed by atoms with Crippen LogP contribution in [0.15, 0.2) is 18.2 Å². The van der Waals surface area contributed by atoms with E-state index in [1.807, 2.05) is 4.90 Å². The Kier molecular flexibility index (Phi) is 5.86. The minimum Gasteiger partial charge on any atom is -0.447 e. The molecule has 3 rings (SSSR count). The lowest BCUT2D eigenvalue weighted by Gasteiger charge is -2.38. The molecule has 2 aliphatic rings. The Hall–Kier alpha value is -2.64. The Morgan fingerprint density at radius 2 is 1.93 bits per heavy atom. The first-order chi connectivity index (χ1) is 13.3. The van der Waals surface area contributed by atoms with E-state index in [1.54, 1.807) is 4.90 Å². The average molecular weight is 391 g/mol. The fraction of sp³-hybridized carbons (Fsp3) is 0.550. The van der Waals surface area contributed by atoms with E-state index in [4.69, 9.17) is 4.74 Å². The molecule has 1 N–H and O–H groups in total. The van der Waals surface area contributed by atoms with Crippen LogP contribution in [0.4, 0.5) is 14.9 Å². The van der Waals surface area contributed by atoms with Gasteiger partial charge in [0.15, 0.2) is 0 Å². The van der Waals surface area contributed by atoms with Gasteiger partial charge in [0.05, 0.1) is 17.3 Å². The maximum atomic E-state index is 13.7. The lowest BCUT2D eigenvalue weighted by Crippen LogP contribution is -2.51. The summed E-state index contributed by atoms with van der Waals surface area (Å²) in [4.78, 5) is 39.9. The van der Waals surface area contributed by atoms with Gasteiger partial charge in [-0.1, -0.05) is 13.8 Å². The molecule has 1 unspecified atom stereocenters. The largest absolute Gasteiger partial charge is 0.447 e. The van der Waals surface area contributed by atoms with Gasteiger partial charge in [-0.15, -0.1) is 0 Å². The molecule has 1 atom stereocenters. The second-order valence-electron chi connectivity index (χ2n) is 7.69. The van der Waals surface area contributed by atoms with Crippen molar-refractivity contribution in [1.82, 2.24) is 9.80 Å². The van der Waals surface area contributed by atoms with Crippen molar-refractivity contribution in [3.8, 4) is 0 Å². The minimum atomic E-state index is -0.535. The second-order valence-corrected chi connectivity index (χ2v) is 7.69. The number of hydrogen-bond donors (Lipinski definition) is 1. The number of likely N-dealkylation sites (tertiary alicyclic amines) is 1. The standard InChI is InChI=1S/C20H26FN3O4/c1-12(2)18-11-28-20(27)24(18)15-6-8-23(9-7-15)19(26)16-10-14(21)4-5-17(16)22-13(3)25/h4-5,10,12,15,18H,6-9,11H2,1-3H3,(H,22,25). The van der Waals surface area contributed by atoms with Crippen molar-refractivity contribution >= 4 is 23.6 Å². The number of anilines is 1. The summed E-state index contributed by atoms with van der Waals surface area (Å²) in [6.07, 6.45) is 0.977. The van der Waals surface area contributed by atoms with E-state index in [0.717, 1.165) is 6.07 Å². The Morgan fingerprint density at radius 3 is 2.54 bits per heavy atom. The third-order valence-corrected chi connectivity index (χ3v) is 5.38. The molecule has 0 spiro atoms. The maximum Gasteiger partial charge on any atom is 0.410 e. The predicted molar refractivity (Wildman–Crippen MR) is 101 cm³/mol. The topological polar surface area (TPSA) is 79.0 Å². The van der Waals surface area contributed by atoms with Gasteiger partial charge < -0.3 is 15.0 Å². The zero-order chi connectivity index (χ0) is 20.4. The molecule has 152 valence electrons. The summed E-state index contributed by atoms with van der Waals surface area (Å²) in [7, 11) is 0. The first-order valence-corrected chi connectivity index (χ1v) is 9.59. The van der Waals surface area contributed by atoms with Crippen LogP contribution in [0.1, 0.15) is 44.0 Å². The quantitative estimate of drug-likeness (QED) is 0.856. The van der Waals surface area contributed by atoms with Gasteiger partial charge in [-0.2, -0.15) is 0 Å². The Labute approximate surface area is 163 Å². The van der Waals surface area contributed by atoms with Crippen molar-refractivity contribution in [2.75, 3.05) is 25.0 Å². The van der Waals surface area contributed by atoms with Crippen molar-refractivity contribution < 1.29 is 23.5 Å². The van der Waals surface area contributed by atoms with Crippen molar-refractivity contribution in [1.29, 1.82) is 0 Å². The molecule has 1 aromatic rings. The summed E-state index contributed by atoms with van der Waals surface area (Å²) in [5, 5.41) is 2.58. The van der Waals surface area contributed by atoms with Gasteiger partial charge in [0, 0.05) is 26.1 Å². The molecule has 8 heteroatoms. The molecule has 7 nitrogen and oxygen atoms in total. The number of piperidine rings is 1. The van der Waals surface area contributed by atoms with Crippen LogP contribution in [0.5, 0.6) is 0 Å². The zero-order valence-electron chi connectivity index (χ0n) is 16.4. The van der Waals surface area contributed by atoms with Gasteiger partial charge in [0.1, 0.15) is 12.4 Å². The molecule has 0 saturated carbocycles. The van der Waals surface area contributed by atoms with Gasteiger partial charge in [-0.3, -0.25) is 14.5 Å². The summed E-state index contributed by atoms with van der Waals surface area (Å²) in [6.45, 7) is 6.77. The molecule has 28 heavy (non-hydrogen) atoms. The average Bonchev–Trinajstić information content (AvgIpc) is 3.04. The Bertz CT molecular complexity index is 775. The normalized spacial score (nSPS) is 20.5. The highest BCUT2D eigenvalue weighted by Gasteiger charge is 2.41. The van der Waals surface area contributed by atoms with Gasteiger partial charge in [0.25, 0.3) is 5.91 Å². The Balaban J connectivity index is 1.70. The van der Waals surface area contributed by atoms with Crippen molar-refractivity contribution in [2.24, 2.45) is 5.92 Å². The second kappa shape index (κ2) is 8.16. The molecule has 2 saturated heterocycles. The number of nitrogens with zero attached hydrogens (tertiary/aromatic N) is 2. The molecule has 0 bridgehead atoms. The van der Waals surface area contributed by atoms with Crippen LogP contribution in [0.3, 0.4) is 0 Å². The number of benzene rings is 1. The fourth-order valence-corrected chi connectivity index (χ4v) is 3.89. The lowest BCUT2D eigenvalue weighted by atomic mass is 9.97. The molecular weight excluding hydrogens is 365 g/mol. The molecule has 0 aliphatic carbocycles. The van der Waals surface area contributed by atoms with Crippen LogP contribution in [0.25, 0.3) is 0 Å². The van der Waals surface area contributed by atoms with E-state index < -0.39 is 5.82 Å². The molecule has 2 aliphatic heterocycles. The molecule has 0 radical (unpaired) electrons. The first kappa shape index (κ1) is 20.1. The van der Waals surface area contributed by atoms with Crippen molar-refractivity contribution in [3.63, 3.8) is 0 Å². The van der Waals surface area contributed by atoms with Crippen molar-refractivity contribution in [3.05, 3.63) is 29.6 Å². The van der Waals surface area contributed by atoms with Gasteiger partial charge >= 0.3 is 6.09 Å². The molecular formula is C20H26FN3O4. The van der Waals surface area contributed by atoms with E-state index in [0.29, 0.717) is 44.1 Å². The number of carbonyl (C=O) groups excluding carboxylic acids is 3. The highest BCUT2D eigenvalue weighted by Crippen LogP contribution is 2.28. The SMILES string of the molecule is CC(=O)Nc1ccc(F)cc1C(=O)N1CCC(N2C(=O)OCC2C(C)C)CC1. The number of cyclic esters (lactones) is 1. The molecule has 2 fully saturated rings. The summed E-state index contributed by atoms with van der Waals surface area (Å²) in [6, 6.07) is 3.82. The van der Waals surface area contributed by atoms with Crippen LogP contribution < -0.4 is 5.32 Å². The van der Waals surface area contributed by atoms with Crippen LogP contribution in [0, 0.1) is 11.7 Å². The fourth-order valence-electron chi connectivity index (χ4n) is 3.89. The summed E-state index contributed by atoms with van der Waals surface area (Å²) < 4.78 is 18.9. The number of ether oxygens (including phenoxy) is 1. The molecule has 3 amide bonds. The number of hydrogen-bond acceptors (Lipinski definition) is 4. The van der Waals surface area contributed by atoms with Crippen molar-refractivity contribution in [2.45, 2.75) is 45.7 Å². The van der Waals surface area contributed by atoms with Gasteiger partial charge in [-0.05, 0) is 37.0 Å². The number of rotatable bonds is 4. The lowest BCUT2D eigenvalue weighted by molar-refractivity contribution is -0.114. The highest BCUT2D eigenvalue weighted by atomic mass is 19.1. The Morgan fingerprint density at radius 1 is 1.25 bits per heavy atom. The molecule has 2 heterocycles. The van der Waals surface area contributed by atoms with E-state index in [9.17, 15) is 18.8 Å². The third-order valence-electron chi connectivity index (χ3n) is 5.38. The molecule has 0 aromatic heterocycles. The first-order valence-electron chi connectivity index (χ1n) is 9.59. The zero-order valence-corrected chi connectivity index (χ0v) is 16.4. The third kappa shape index (κ3) is 4.10. The smallest absolute Gasteiger partial charge is 0.410 e. The van der Waals surface area contributed by atoms with Crippen LogP contribution in [-0.2, 0) is 9.53 Å². The van der Waals surface area contributed by atoms with E-state index in [1.165, 1.54) is 19.1 Å². The van der Waals surface area contributed by atoms with Crippen LogP contribution in [-0.4, -0.2) is 59.5 Å². The van der Waals surface area contributed by atoms with Gasteiger partial charge in [-0.25, -0.2) is 9.18 Å². The molecule has 1 aromatic carbocycles. The summed E-state index contributed by atoms with van der Waals surface area (Å²) in [5.74, 6) is -0.900. The number of amides is 3. The van der Waals surface area contributed by atoms with E-state index in [-0.39, 0.29) is 35.6 Å². The summed E-state index contributed by atoms with van der Waals surface area (Å²) in [5.41, 5.74) is 0.429. The highest BCUT2D eigenvalue weighted by molar-refractivity contribution is 6.03. The number of halogens is 1. The van der Waals surface area contributed by atoms with E-state index >= 15 is 0 Å². The number of nitrogens with one attached hydrogen (secondary N) is 1.